The number of pyridine rings is 1. The zero-order valence-corrected chi connectivity index (χ0v) is 18.7. The third-order valence-corrected chi connectivity index (χ3v) is 7.77. The van der Waals surface area contributed by atoms with Gasteiger partial charge in [0.25, 0.3) is 0 Å². The fraction of sp³-hybridized carbons (Fsp3) is 0.435. The molecule has 0 spiro atoms. The Balaban J connectivity index is 1.28. The molecular weight excluding hydrogens is 424 g/mol. The van der Waals surface area contributed by atoms with Gasteiger partial charge < -0.3 is 15.0 Å². The standard InChI is InChI=1S/C23H24N6O2S/c1-13-11-31-5-4-29(13)23(30)14-2-3-17-18(6-14)32-22-20(17)21(26-12-27-22)28-19-7-15-8-24-9-16(15)10-25-19/h7-8,10,12-14H,2-6,9,11H2,1H3,(H,25,26,27,28)/t13-,14-/m0/s1. The summed E-state index contributed by atoms with van der Waals surface area (Å²) in [5, 5.41) is 4.46. The van der Waals surface area contributed by atoms with Crippen molar-refractivity contribution in [1.29, 1.82) is 0 Å². The first-order valence-corrected chi connectivity index (χ1v) is 11.9. The van der Waals surface area contributed by atoms with Crippen LogP contribution in [0.15, 0.2) is 23.6 Å². The van der Waals surface area contributed by atoms with Crippen molar-refractivity contribution in [2.75, 3.05) is 25.1 Å². The molecule has 32 heavy (non-hydrogen) atoms. The third-order valence-electron chi connectivity index (χ3n) is 6.61. The quantitative estimate of drug-likeness (QED) is 0.662. The van der Waals surface area contributed by atoms with Gasteiger partial charge in [-0.1, -0.05) is 0 Å². The van der Waals surface area contributed by atoms with Crippen molar-refractivity contribution in [3.05, 3.63) is 40.2 Å². The number of hydrogen-bond donors (Lipinski definition) is 1. The zero-order valence-electron chi connectivity index (χ0n) is 17.9. The Morgan fingerprint density at radius 1 is 1.31 bits per heavy atom. The topological polar surface area (TPSA) is 92.6 Å². The summed E-state index contributed by atoms with van der Waals surface area (Å²) in [7, 11) is 0. The van der Waals surface area contributed by atoms with E-state index in [2.05, 4.69) is 32.2 Å². The van der Waals surface area contributed by atoms with Crippen LogP contribution in [0.5, 0.6) is 0 Å². The monoisotopic (exact) mass is 448 g/mol. The molecule has 6 rings (SSSR count). The Kier molecular flexibility index (Phi) is 4.87. The molecule has 1 fully saturated rings. The van der Waals surface area contributed by atoms with Crippen LogP contribution in [0.3, 0.4) is 0 Å². The maximum absolute atomic E-state index is 13.2. The zero-order chi connectivity index (χ0) is 21.7. The van der Waals surface area contributed by atoms with E-state index in [1.54, 1.807) is 17.7 Å². The average molecular weight is 449 g/mol. The SMILES string of the molecule is C[C@H]1COCCN1C(=O)[C@H]1CCc2c(sc3ncnc(Nc4cc5c(cn4)CN=C5)c23)C1. The number of thiophene rings is 1. The van der Waals surface area contributed by atoms with Gasteiger partial charge in [0, 0.05) is 40.9 Å². The second-order valence-corrected chi connectivity index (χ2v) is 9.75. The molecule has 9 heteroatoms. The highest BCUT2D eigenvalue weighted by Gasteiger charge is 2.34. The van der Waals surface area contributed by atoms with Crippen LogP contribution in [-0.2, 0) is 28.9 Å². The van der Waals surface area contributed by atoms with Gasteiger partial charge in [-0.05, 0) is 37.8 Å². The van der Waals surface area contributed by atoms with Gasteiger partial charge in [-0.25, -0.2) is 15.0 Å². The van der Waals surface area contributed by atoms with E-state index in [1.807, 2.05) is 23.4 Å². The minimum Gasteiger partial charge on any atom is -0.377 e. The predicted octanol–water partition coefficient (Wildman–Crippen LogP) is 3.11. The lowest BCUT2D eigenvalue weighted by molar-refractivity contribution is -0.143. The summed E-state index contributed by atoms with van der Waals surface area (Å²) in [6, 6.07) is 2.16. The van der Waals surface area contributed by atoms with Crippen molar-refractivity contribution in [2.24, 2.45) is 10.9 Å². The minimum absolute atomic E-state index is 0.0261. The lowest BCUT2D eigenvalue weighted by Crippen LogP contribution is -2.50. The van der Waals surface area contributed by atoms with Crippen LogP contribution in [0.4, 0.5) is 11.6 Å². The first kappa shape index (κ1) is 19.8. The summed E-state index contributed by atoms with van der Waals surface area (Å²) in [6.45, 7) is 4.70. The normalized spacial score (nSPS) is 22.1. The molecular formula is C23H24N6O2S. The number of aryl methyl sites for hydroxylation is 1. The minimum atomic E-state index is 0.0261. The van der Waals surface area contributed by atoms with Crippen LogP contribution in [-0.4, -0.2) is 57.8 Å². The smallest absolute Gasteiger partial charge is 0.226 e. The summed E-state index contributed by atoms with van der Waals surface area (Å²) < 4.78 is 5.51. The molecule has 0 saturated carbocycles. The van der Waals surface area contributed by atoms with Crippen molar-refractivity contribution in [3.8, 4) is 0 Å². The van der Waals surface area contributed by atoms with E-state index in [9.17, 15) is 4.79 Å². The lowest BCUT2D eigenvalue weighted by atomic mass is 9.86. The fourth-order valence-electron chi connectivity index (χ4n) is 4.89. The van der Waals surface area contributed by atoms with Gasteiger partial charge in [0.1, 0.15) is 22.8 Å². The van der Waals surface area contributed by atoms with Crippen molar-refractivity contribution in [3.63, 3.8) is 0 Å². The maximum Gasteiger partial charge on any atom is 0.226 e. The molecule has 1 saturated heterocycles. The van der Waals surface area contributed by atoms with E-state index in [1.165, 1.54) is 10.4 Å². The number of aromatic nitrogens is 3. The van der Waals surface area contributed by atoms with Crippen molar-refractivity contribution in [1.82, 2.24) is 19.9 Å². The van der Waals surface area contributed by atoms with Crippen LogP contribution in [0.2, 0.25) is 0 Å². The highest BCUT2D eigenvalue weighted by molar-refractivity contribution is 7.19. The predicted molar refractivity (Wildman–Crippen MR) is 124 cm³/mol. The van der Waals surface area contributed by atoms with Gasteiger partial charge in [0.15, 0.2) is 0 Å². The summed E-state index contributed by atoms with van der Waals surface area (Å²) in [4.78, 5) is 35.3. The number of aliphatic imine (C=N–C) groups is 1. The summed E-state index contributed by atoms with van der Waals surface area (Å²) in [5.41, 5.74) is 3.51. The van der Waals surface area contributed by atoms with Gasteiger partial charge in [-0.15, -0.1) is 11.3 Å². The number of ether oxygens (including phenoxy) is 1. The molecule has 5 heterocycles. The van der Waals surface area contributed by atoms with E-state index in [0.29, 0.717) is 26.3 Å². The molecule has 3 aromatic rings. The van der Waals surface area contributed by atoms with Crippen LogP contribution < -0.4 is 5.32 Å². The summed E-state index contributed by atoms with van der Waals surface area (Å²) in [5.74, 6) is 1.82. The van der Waals surface area contributed by atoms with Crippen LogP contribution >= 0.6 is 11.3 Å². The van der Waals surface area contributed by atoms with Crippen molar-refractivity contribution < 1.29 is 9.53 Å². The number of morpholine rings is 1. The first-order chi connectivity index (χ1) is 15.7. The molecule has 0 aromatic carbocycles. The van der Waals surface area contributed by atoms with Crippen molar-refractivity contribution >= 4 is 45.3 Å². The Labute approximate surface area is 189 Å². The van der Waals surface area contributed by atoms with Gasteiger partial charge >= 0.3 is 0 Å². The average Bonchev–Trinajstić information content (AvgIpc) is 3.42. The van der Waals surface area contributed by atoms with Crippen LogP contribution in [0, 0.1) is 5.92 Å². The second kappa shape index (κ2) is 7.90. The number of nitrogens with zero attached hydrogens (tertiary/aromatic N) is 5. The Bertz CT molecular complexity index is 1240. The van der Waals surface area contributed by atoms with Gasteiger partial charge in [-0.3, -0.25) is 9.79 Å². The largest absolute Gasteiger partial charge is 0.377 e. The van der Waals surface area contributed by atoms with E-state index in [4.69, 9.17) is 4.74 Å². The molecule has 1 amide bonds. The molecule has 0 radical (unpaired) electrons. The third kappa shape index (κ3) is 3.36. The molecule has 164 valence electrons. The molecule has 0 bridgehead atoms. The number of fused-ring (bicyclic) bond motifs is 4. The number of carbonyl (C=O) groups is 1. The molecule has 1 N–H and O–H groups in total. The first-order valence-electron chi connectivity index (χ1n) is 11.1. The molecule has 3 aromatic heterocycles. The molecule has 8 nitrogen and oxygen atoms in total. The van der Waals surface area contributed by atoms with E-state index < -0.39 is 0 Å². The van der Waals surface area contributed by atoms with E-state index in [0.717, 1.165) is 52.2 Å². The molecule has 2 atom stereocenters. The van der Waals surface area contributed by atoms with Crippen molar-refractivity contribution in [2.45, 2.75) is 38.8 Å². The number of anilines is 2. The summed E-state index contributed by atoms with van der Waals surface area (Å²) >= 11 is 1.69. The van der Waals surface area contributed by atoms with E-state index >= 15 is 0 Å². The Morgan fingerprint density at radius 2 is 2.25 bits per heavy atom. The fourth-order valence-corrected chi connectivity index (χ4v) is 6.16. The van der Waals surface area contributed by atoms with Gasteiger partial charge in [0.05, 0.1) is 31.2 Å². The van der Waals surface area contributed by atoms with Crippen LogP contribution in [0.25, 0.3) is 10.2 Å². The molecule has 1 aliphatic carbocycles. The Morgan fingerprint density at radius 3 is 3.16 bits per heavy atom. The molecule has 3 aliphatic rings. The number of hydrogen-bond acceptors (Lipinski definition) is 8. The van der Waals surface area contributed by atoms with Gasteiger partial charge in [-0.2, -0.15) is 0 Å². The maximum atomic E-state index is 13.2. The highest BCUT2D eigenvalue weighted by atomic mass is 32.1. The highest BCUT2D eigenvalue weighted by Crippen LogP contribution is 2.41. The molecule has 0 unspecified atom stereocenters. The lowest BCUT2D eigenvalue weighted by Gasteiger charge is -2.36. The number of nitrogens with one attached hydrogen (secondary N) is 1. The van der Waals surface area contributed by atoms with Gasteiger partial charge in [0.2, 0.25) is 5.91 Å². The van der Waals surface area contributed by atoms with Crippen LogP contribution in [0.1, 0.15) is 34.9 Å². The number of carbonyl (C=O) groups excluding carboxylic acids is 1. The number of rotatable bonds is 3. The molecule has 2 aliphatic heterocycles. The number of amides is 1. The Hall–Kier alpha value is -2.91. The second-order valence-electron chi connectivity index (χ2n) is 8.66. The summed E-state index contributed by atoms with van der Waals surface area (Å²) in [6.07, 6.45) is 7.83. The van der Waals surface area contributed by atoms with E-state index in [-0.39, 0.29) is 17.9 Å².